The van der Waals surface area contributed by atoms with Crippen LogP contribution in [-0.2, 0) is 0 Å². The van der Waals surface area contributed by atoms with Gasteiger partial charge in [-0.25, -0.2) is 9.97 Å². The number of rotatable bonds is 8. The molecule has 4 nitrogen and oxygen atoms in total. The van der Waals surface area contributed by atoms with E-state index in [2.05, 4.69) is 316 Å². The number of aromatic amines is 2. The average Bonchev–Trinajstić information content (AvgIpc) is 4.30. The minimum absolute atomic E-state index is 0.817. The van der Waals surface area contributed by atoms with Crippen molar-refractivity contribution in [3.05, 3.63) is 306 Å². The lowest BCUT2D eigenvalue weighted by molar-refractivity contribution is 1.29. The Balaban J connectivity index is 1.38. The average molecular weight is 1230 g/mol. The van der Waals surface area contributed by atoms with Crippen molar-refractivity contribution in [3.63, 3.8) is 0 Å². The molecule has 0 unspecified atom stereocenters. The summed E-state index contributed by atoms with van der Waals surface area (Å²) in [7, 11) is 0. The van der Waals surface area contributed by atoms with Crippen LogP contribution >= 0.6 is 63.7 Å². The van der Waals surface area contributed by atoms with Gasteiger partial charge in [-0.3, -0.25) is 0 Å². The van der Waals surface area contributed by atoms with Crippen molar-refractivity contribution in [2.75, 3.05) is 0 Å². The minimum atomic E-state index is 0.817. The summed E-state index contributed by atoms with van der Waals surface area (Å²) < 4.78 is 3.40. The van der Waals surface area contributed by atoms with Gasteiger partial charge >= 0.3 is 0 Å². The lowest BCUT2D eigenvalue weighted by Crippen LogP contribution is -1.95. The second-order valence-corrected chi connectivity index (χ2v) is 21.7. The molecule has 11 aromatic rings. The quantitative estimate of drug-likeness (QED) is 0.159. The van der Waals surface area contributed by atoms with Crippen molar-refractivity contribution in [3.8, 4) is 44.5 Å². The topological polar surface area (TPSA) is 57.4 Å². The second-order valence-electron chi connectivity index (χ2n) is 18.6. The third-order valence-electron chi connectivity index (χ3n) is 14.1. The maximum absolute atomic E-state index is 6.08. The lowest BCUT2D eigenvalue weighted by Gasteiger charge is -2.14. The van der Waals surface area contributed by atoms with Gasteiger partial charge < -0.3 is 9.97 Å². The van der Waals surface area contributed by atoms with Gasteiger partial charge in [0.1, 0.15) is 0 Å². The smallest absolute Gasteiger partial charge is 0.0822 e. The Kier molecular flexibility index (Phi) is 12.9. The number of nitrogens with one attached hydrogen (secondary N) is 2. The van der Waals surface area contributed by atoms with E-state index in [0.29, 0.717) is 0 Å². The van der Waals surface area contributed by atoms with Crippen LogP contribution in [0.5, 0.6) is 0 Å². The molecule has 2 aliphatic heterocycles. The van der Waals surface area contributed by atoms with E-state index in [1.807, 2.05) is 0 Å². The van der Waals surface area contributed by atoms with Gasteiger partial charge in [0.05, 0.1) is 62.7 Å². The monoisotopic (exact) mass is 1230 g/mol. The number of hydrogen-bond donors (Lipinski definition) is 2. The van der Waals surface area contributed by atoms with Gasteiger partial charge in [-0.2, -0.15) is 0 Å². The zero-order valence-corrected chi connectivity index (χ0v) is 46.8. The summed E-state index contributed by atoms with van der Waals surface area (Å²) in [6, 6.07) is 85.3. The van der Waals surface area contributed by atoms with Crippen LogP contribution in [0.15, 0.2) is 261 Å². The molecular formula is C68H42Br4N4. The number of hydrogen-bond acceptors (Lipinski definition) is 2. The van der Waals surface area contributed by atoms with Crippen LogP contribution in [0.1, 0.15) is 45.0 Å². The van der Waals surface area contributed by atoms with E-state index in [9.17, 15) is 0 Å². The van der Waals surface area contributed by atoms with Gasteiger partial charge in [0, 0.05) is 44.5 Å². The van der Waals surface area contributed by atoms with Crippen LogP contribution in [0.2, 0.25) is 0 Å². The summed E-state index contributed by atoms with van der Waals surface area (Å²) in [5.74, 6) is 0. The van der Waals surface area contributed by atoms with Crippen molar-refractivity contribution < 1.29 is 0 Å². The third-order valence-corrected chi connectivity index (χ3v) is 18.3. The van der Waals surface area contributed by atoms with Gasteiger partial charge in [0.15, 0.2) is 0 Å². The standard InChI is InChI=1S/C68H42Br4N4/c69-57-58(70)67-55(47-37-21-7-22-38-47)63-51(43-29-13-3-14-30-43)52(44-31-15-4-16-32-44)64(74-63)56(48-39-23-8-24-40-48)68-60(72)59(71)66(76-68)54(46-35-19-6-20-36-46)62-50(42-27-11-2-12-28-42)49(41-25-9-1-10-26-41)61(73-62)53(65(57)75-67)45-33-17-5-18-34-45/h1-40,75-76H. The Hall–Kier alpha value is -7.72. The molecule has 0 aliphatic carbocycles. The Morgan fingerprint density at radius 2 is 0.368 bits per heavy atom. The maximum Gasteiger partial charge on any atom is 0.0822 e. The Labute approximate surface area is 474 Å². The molecule has 0 spiro atoms. The first kappa shape index (κ1) is 48.0. The fourth-order valence-corrected chi connectivity index (χ4v) is 12.8. The highest BCUT2D eigenvalue weighted by atomic mass is 79.9. The first-order valence-electron chi connectivity index (χ1n) is 24.9. The largest absolute Gasteiger partial charge is 0.352 e. The van der Waals surface area contributed by atoms with Gasteiger partial charge in [-0.1, -0.05) is 243 Å². The second kappa shape index (κ2) is 20.4. The SMILES string of the molecule is Brc1c(Br)c2[nH]c1c(-c1ccccc1)c1nc(c(-c3ccccc3)c3[nH]c(c(Br)c3Br)c(-c3ccccc3)c3nc(c2-c2ccccc2)C(c2ccccc2)=C3c2ccccc2)C(c2ccccc2)=C1c1ccccc1. The van der Waals surface area contributed by atoms with Crippen LogP contribution in [0.4, 0.5) is 0 Å². The van der Waals surface area contributed by atoms with E-state index in [4.69, 9.17) is 9.97 Å². The van der Waals surface area contributed by atoms with Crippen LogP contribution in [0.25, 0.3) is 88.9 Å². The van der Waals surface area contributed by atoms with Gasteiger partial charge in [-0.05, 0) is 108 Å². The van der Waals surface area contributed by atoms with Crippen molar-refractivity contribution in [1.29, 1.82) is 0 Å². The van der Waals surface area contributed by atoms with E-state index in [-0.39, 0.29) is 0 Å². The predicted molar refractivity (Wildman–Crippen MR) is 329 cm³/mol. The summed E-state index contributed by atoms with van der Waals surface area (Å²) in [4.78, 5) is 20.4. The highest BCUT2D eigenvalue weighted by molar-refractivity contribution is 9.13. The molecule has 0 saturated carbocycles. The van der Waals surface area contributed by atoms with E-state index >= 15 is 0 Å². The molecule has 3 aromatic heterocycles. The molecule has 0 atom stereocenters. The van der Waals surface area contributed by atoms with Gasteiger partial charge in [0.2, 0.25) is 0 Å². The highest BCUT2D eigenvalue weighted by Crippen LogP contribution is 2.53. The molecule has 2 aliphatic rings. The molecule has 5 heterocycles. The zero-order chi connectivity index (χ0) is 51.3. The van der Waals surface area contributed by atoms with Crippen LogP contribution < -0.4 is 0 Å². The number of benzene rings is 8. The Bertz CT molecular complexity index is 3710. The van der Waals surface area contributed by atoms with Crippen LogP contribution in [-0.4, -0.2) is 19.9 Å². The molecule has 8 aromatic carbocycles. The minimum Gasteiger partial charge on any atom is -0.352 e. The normalized spacial score (nSPS) is 12.4. The first-order valence-corrected chi connectivity index (χ1v) is 28.1. The number of fused-ring (bicyclic) bond motifs is 8. The Morgan fingerprint density at radius 1 is 0.211 bits per heavy atom. The van der Waals surface area contributed by atoms with Crippen molar-refractivity contribution in [2.24, 2.45) is 0 Å². The van der Waals surface area contributed by atoms with Crippen LogP contribution in [0, 0.1) is 0 Å². The molecule has 0 amide bonds. The molecule has 76 heavy (non-hydrogen) atoms. The fraction of sp³-hybridized carbons (Fsp3) is 0. The van der Waals surface area contributed by atoms with Crippen LogP contribution in [0.3, 0.4) is 0 Å². The van der Waals surface area contributed by atoms with Crippen molar-refractivity contribution in [2.45, 2.75) is 0 Å². The number of aromatic nitrogens is 4. The highest BCUT2D eigenvalue weighted by Gasteiger charge is 2.34. The van der Waals surface area contributed by atoms with E-state index in [1.165, 1.54) is 0 Å². The third kappa shape index (κ3) is 8.32. The summed E-state index contributed by atoms with van der Waals surface area (Å²) in [6.45, 7) is 0. The number of H-pyrrole nitrogens is 2. The number of nitrogens with zero attached hydrogens (tertiary/aromatic N) is 2. The molecule has 2 N–H and O–H groups in total. The molecule has 0 radical (unpaired) electrons. The predicted octanol–water partition coefficient (Wildman–Crippen LogP) is 20.0. The molecule has 0 saturated heterocycles. The molecule has 8 heteroatoms. The van der Waals surface area contributed by atoms with Gasteiger partial charge in [-0.15, -0.1) is 0 Å². The van der Waals surface area contributed by atoms with Crippen molar-refractivity contribution in [1.82, 2.24) is 19.9 Å². The summed E-state index contributed by atoms with van der Waals surface area (Å²) in [6.07, 6.45) is 0. The maximum atomic E-state index is 6.08. The molecule has 8 bridgehead atoms. The summed E-state index contributed by atoms with van der Waals surface area (Å²) >= 11 is 17.0. The molecular weight excluding hydrogens is 1190 g/mol. The molecule has 362 valence electrons. The lowest BCUT2D eigenvalue weighted by atomic mass is 9.88. The summed E-state index contributed by atoms with van der Waals surface area (Å²) in [5.41, 5.74) is 22.5. The van der Waals surface area contributed by atoms with Gasteiger partial charge in [0.25, 0.3) is 0 Å². The van der Waals surface area contributed by atoms with E-state index in [0.717, 1.165) is 152 Å². The van der Waals surface area contributed by atoms with E-state index in [1.54, 1.807) is 0 Å². The molecule has 0 fully saturated rings. The number of halogens is 4. The van der Waals surface area contributed by atoms with Crippen molar-refractivity contribution >= 4 is 108 Å². The summed E-state index contributed by atoms with van der Waals surface area (Å²) in [5, 5.41) is 0. The Morgan fingerprint density at radius 3 is 0.539 bits per heavy atom. The fourth-order valence-electron chi connectivity index (χ4n) is 10.8. The first-order chi connectivity index (χ1) is 37.4. The van der Waals surface area contributed by atoms with E-state index < -0.39 is 0 Å². The zero-order valence-electron chi connectivity index (χ0n) is 40.5. The molecule has 13 rings (SSSR count).